The van der Waals surface area contributed by atoms with Crippen molar-refractivity contribution in [2.24, 2.45) is 5.92 Å². The SMILES string of the molecule is Cc1cc(CNCC(C)C)cnc1N1CC(C)SC(C)C1. The first-order valence-electron chi connectivity index (χ1n) is 8.02. The molecule has 1 aromatic heterocycles. The van der Waals surface area contributed by atoms with E-state index in [2.05, 4.69) is 62.7 Å². The van der Waals surface area contributed by atoms with Gasteiger partial charge in [-0.2, -0.15) is 11.8 Å². The van der Waals surface area contributed by atoms with E-state index in [1.165, 1.54) is 16.9 Å². The lowest BCUT2D eigenvalue weighted by Crippen LogP contribution is -2.41. The molecule has 1 fully saturated rings. The molecule has 2 heterocycles. The molecule has 1 aromatic rings. The van der Waals surface area contributed by atoms with Gasteiger partial charge in [0.1, 0.15) is 5.82 Å². The fourth-order valence-electron chi connectivity index (χ4n) is 2.91. The third kappa shape index (κ3) is 4.89. The van der Waals surface area contributed by atoms with Gasteiger partial charge in [-0.1, -0.05) is 27.7 Å². The molecule has 1 saturated heterocycles. The van der Waals surface area contributed by atoms with Crippen LogP contribution in [0.15, 0.2) is 12.3 Å². The van der Waals surface area contributed by atoms with Gasteiger partial charge in [-0.05, 0) is 36.6 Å². The number of rotatable bonds is 5. The number of pyridine rings is 1. The first-order chi connectivity index (χ1) is 9.95. The highest BCUT2D eigenvalue weighted by molar-refractivity contribution is 8.00. The first kappa shape index (κ1) is 16.6. The maximum Gasteiger partial charge on any atom is 0.131 e. The summed E-state index contributed by atoms with van der Waals surface area (Å²) in [4.78, 5) is 7.20. The quantitative estimate of drug-likeness (QED) is 0.901. The predicted octanol–water partition coefficient (Wildman–Crippen LogP) is 3.47. The molecular weight excluding hydrogens is 278 g/mol. The Morgan fingerprint density at radius 1 is 1.33 bits per heavy atom. The van der Waals surface area contributed by atoms with Gasteiger partial charge in [0.2, 0.25) is 0 Å². The summed E-state index contributed by atoms with van der Waals surface area (Å²) in [6.45, 7) is 15.5. The van der Waals surface area contributed by atoms with Crippen molar-refractivity contribution in [2.45, 2.75) is 51.7 Å². The molecule has 0 bridgehead atoms. The van der Waals surface area contributed by atoms with E-state index in [4.69, 9.17) is 4.98 Å². The van der Waals surface area contributed by atoms with E-state index in [1.54, 1.807) is 0 Å². The molecule has 118 valence electrons. The molecule has 2 unspecified atom stereocenters. The van der Waals surface area contributed by atoms with Gasteiger partial charge in [-0.15, -0.1) is 0 Å². The Morgan fingerprint density at radius 2 is 2.00 bits per heavy atom. The van der Waals surface area contributed by atoms with E-state index in [0.717, 1.165) is 26.2 Å². The Labute approximate surface area is 133 Å². The second kappa shape index (κ2) is 7.50. The molecule has 0 aliphatic carbocycles. The second-order valence-corrected chi connectivity index (χ2v) is 8.55. The van der Waals surface area contributed by atoms with E-state index in [0.29, 0.717) is 16.4 Å². The third-order valence-corrected chi connectivity index (χ3v) is 4.94. The summed E-state index contributed by atoms with van der Waals surface area (Å²) in [6.07, 6.45) is 2.03. The minimum absolute atomic E-state index is 0.683. The minimum atomic E-state index is 0.683. The van der Waals surface area contributed by atoms with Crippen molar-refractivity contribution in [3.8, 4) is 0 Å². The number of thioether (sulfide) groups is 1. The highest BCUT2D eigenvalue weighted by atomic mass is 32.2. The molecule has 21 heavy (non-hydrogen) atoms. The summed E-state index contributed by atoms with van der Waals surface area (Å²) in [6, 6.07) is 2.28. The van der Waals surface area contributed by atoms with Crippen molar-refractivity contribution in [2.75, 3.05) is 24.5 Å². The van der Waals surface area contributed by atoms with Crippen LogP contribution in [0.4, 0.5) is 5.82 Å². The van der Waals surface area contributed by atoms with Crippen LogP contribution >= 0.6 is 11.8 Å². The Balaban J connectivity index is 2.01. The van der Waals surface area contributed by atoms with Crippen LogP contribution in [0, 0.1) is 12.8 Å². The van der Waals surface area contributed by atoms with Crippen molar-refractivity contribution in [1.29, 1.82) is 0 Å². The van der Waals surface area contributed by atoms with Crippen molar-refractivity contribution < 1.29 is 0 Å². The van der Waals surface area contributed by atoms with E-state index in [1.807, 2.05) is 6.20 Å². The Hall–Kier alpha value is -0.740. The van der Waals surface area contributed by atoms with Gasteiger partial charge in [0.15, 0.2) is 0 Å². The zero-order chi connectivity index (χ0) is 15.4. The summed E-state index contributed by atoms with van der Waals surface area (Å²) >= 11 is 2.08. The van der Waals surface area contributed by atoms with Gasteiger partial charge >= 0.3 is 0 Å². The van der Waals surface area contributed by atoms with Gasteiger partial charge in [-0.25, -0.2) is 4.98 Å². The third-order valence-electron chi connectivity index (χ3n) is 3.71. The van der Waals surface area contributed by atoms with Crippen LogP contribution in [0.3, 0.4) is 0 Å². The number of hydrogen-bond donors (Lipinski definition) is 1. The summed E-state index contributed by atoms with van der Waals surface area (Å²) < 4.78 is 0. The molecule has 1 aliphatic heterocycles. The Kier molecular flexibility index (Phi) is 5.94. The molecule has 0 saturated carbocycles. The molecule has 1 aliphatic rings. The van der Waals surface area contributed by atoms with Gasteiger partial charge < -0.3 is 10.2 Å². The molecule has 4 heteroatoms. The number of nitrogens with one attached hydrogen (secondary N) is 1. The van der Waals surface area contributed by atoms with Crippen molar-refractivity contribution in [3.63, 3.8) is 0 Å². The zero-order valence-electron chi connectivity index (χ0n) is 14.0. The van der Waals surface area contributed by atoms with Crippen LogP contribution in [0.25, 0.3) is 0 Å². The largest absolute Gasteiger partial charge is 0.354 e. The van der Waals surface area contributed by atoms with Gasteiger partial charge in [0.05, 0.1) is 0 Å². The second-order valence-electron chi connectivity index (χ2n) is 6.67. The molecule has 3 nitrogen and oxygen atoms in total. The fourth-order valence-corrected chi connectivity index (χ4v) is 4.23. The van der Waals surface area contributed by atoms with E-state index < -0.39 is 0 Å². The lowest BCUT2D eigenvalue weighted by atomic mass is 10.1. The molecule has 0 aromatic carbocycles. The molecule has 2 atom stereocenters. The minimum Gasteiger partial charge on any atom is -0.354 e. The average molecular weight is 308 g/mol. The topological polar surface area (TPSA) is 28.2 Å². The zero-order valence-corrected chi connectivity index (χ0v) is 14.8. The monoisotopic (exact) mass is 307 g/mol. The standard InChI is InChI=1S/C17H29N3S/c1-12(2)7-18-8-16-6-13(3)17(19-9-16)20-10-14(4)21-15(5)11-20/h6,9,12,14-15,18H,7-8,10-11H2,1-5H3. The maximum atomic E-state index is 4.75. The smallest absolute Gasteiger partial charge is 0.131 e. The molecule has 1 N–H and O–H groups in total. The van der Waals surface area contributed by atoms with Crippen LogP contribution in [-0.4, -0.2) is 35.1 Å². The molecule has 0 radical (unpaired) electrons. The normalized spacial score (nSPS) is 22.9. The van der Waals surface area contributed by atoms with Crippen LogP contribution < -0.4 is 10.2 Å². The summed E-state index contributed by atoms with van der Waals surface area (Å²) in [5, 5.41) is 4.85. The summed E-state index contributed by atoms with van der Waals surface area (Å²) in [5.74, 6) is 1.86. The molecule has 2 rings (SSSR count). The van der Waals surface area contributed by atoms with E-state index >= 15 is 0 Å². The summed E-state index contributed by atoms with van der Waals surface area (Å²) in [5.41, 5.74) is 2.58. The number of anilines is 1. The number of nitrogens with zero attached hydrogens (tertiary/aromatic N) is 2. The van der Waals surface area contributed by atoms with Crippen LogP contribution in [0.2, 0.25) is 0 Å². The van der Waals surface area contributed by atoms with Crippen LogP contribution in [0.1, 0.15) is 38.8 Å². The maximum absolute atomic E-state index is 4.75. The van der Waals surface area contributed by atoms with Crippen LogP contribution in [-0.2, 0) is 6.54 Å². The fraction of sp³-hybridized carbons (Fsp3) is 0.706. The van der Waals surface area contributed by atoms with Crippen LogP contribution in [0.5, 0.6) is 0 Å². The number of aryl methyl sites for hydroxylation is 1. The Morgan fingerprint density at radius 3 is 2.57 bits per heavy atom. The lowest BCUT2D eigenvalue weighted by Gasteiger charge is -2.36. The highest BCUT2D eigenvalue weighted by Gasteiger charge is 2.24. The van der Waals surface area contributed by atoms with E-state index in [9.17, 15) is 0 Å². The van der Waals surface area contributed by atoms with Gasteiger partial charge in [0, 0.05) is 36.3 Å². The molecular formula is C17H29N3S. The molecule has 0 spiro atoms. The van der Waals surface area contributed by atoms with Crippen molar-refractivity contribution >= 4 is 17.6 Å². The number of hydrogen-bond acceptors (Lipinski definition) is 4. The van der Waals surface area contributed by atoms with E-state index in [-0.39, 0.29) is 0 Å². The highest BCUT2D eigenvalue weighted by Crippen LogP contribution is 2.29. The van der Waals surface area contributed by atoms with Crippen molar-refractivity contribution in [3.05, 3.63) is 23.4 Å². The van der Waals surface area contributed by atoms with Crippen molar-refractivity contribution in [1.82, 2.24) is 10.3 Å². The number of aromatic nitrogens is 1. The Bertz CT molecular complexity index is 451. The van der Waals surface area contributed by atoms with Gasteiger partial charge in [-0.3, -0.25) is 0 Å². The average Bonchev–Trinajstić information content (AvgIpc) is 2.37. The predicted molar refractivity (Wildman–Crippen MR) is 94.2 cm³/mol. The summed E-state index contributed by atoms with van der Waals surface area (Å²) in [7, 11) is 0. The first-order valence-corrected chi connectivity index (χ1v) is 8.96. The molecule has 0 amide bonds. The lowest BCUT2D eigenvalue weighted by molar-refractivity contribution is 0.551. The van der Waals surface area contributed by atoms with Gasteiger partial charge in [0.25, 0.3) is 0 Å².